The Hall–Kier alpha value is -2.94. The predicted molar refractivity (Wildman–Crippen MR) is 88.1 cm³/mol. The number of rotatable bonds is 4. The number of methoxy groups -OCH3 is 1. The summed E-state index contributed by atoms with van der Waals surface area (Å²) in [6.45, 7) is 0. The number of pyridine rings is 1. The van der Waals surface area contributed by atoms with E-state index in [1.807, 2.05) is 48.5 Å². The van der Waals surface area contributed by atoms with Gasteiger partial charge in [0.15, 0.2) is 5.78 Å². The average Bonchev–Trinajstić information content (AvgIpc) is 2.59. The van der Waals surface area contributed by atoms with Crippen molar-refractivity contribution in [2.45, 2.75) is 0 Å². The molecule has 0 aliphatic carbocycles. The maximum atomic E-state index is 12.3. The van der Waals surface area contributed by atoms with Crippen molar-refractivity contribution >= 4 is 22.8 Å². The van der Waals surface area contributed by atoms with E-state index in [-0.39, 0.29) is 5.78 Å². The summed E-state index contributed by atoms with van der Waals surface area (Å²) in [6.07, 6.45) is 5.13. The molecule has 0 saturated carbocycles. The molecule has 22 heavy (non-hydrogen) atoms. The van der Waals surface area contributed by atoms with Gasteiger partial charge in [-0.1, -0.05) is 24.3 Å². The molecule has 0 saturated heterocycles. The number of hydrogen-bond acceptors (Lipinski definition) is 3. The van der Waals surface area contributed by atoms with E-state index in [0.717, 1.165) is 22.2 Å². The van der Waals surface area contributed by atoms with Crippen LogP contribution in [0.3, 0.4) is 0 Å². The van der Waals surface area contributed by atoms with Gasteiger partial charge in [0.05, 0.1) is 12.6 Å². The number of aromatic nitrogens is 1. The summed E-state index contributed by atoms with van der Waals surface area (Å²) in [5.74, 6) is 0.770. The summed E-state index contributed by atoms with van der Waals surface area (Å²) >= 11 is 0. The molecule has 1 heterocycles. The second-order valence-electron chi connectivity index (χ2n) is 4.88. The van der Waals surface area contributed by atoms with E-state index >= 15 is 0 Å². The van der Waals surface area contributed by atoms with E-state index < -0.39 is 0 Å². The highest BCUT2D eigenvalue weighted by atomic mass is 16.5. The van der Waals surface area contributed by atoms with Crippen LogP contribution in [0, 0.1) is 0 Å². The summed E-state index contributed by atoms with van der Waals surface area (Å²) in [5, 5.41) is 0.964. The minimum absolute atomic E-state index is 0.0263. The molecule has 0 spiro atoms. The average molecular weight is 289 g/mol. The van der Waals surface area contributed by atoms with Gasteiger partial charge in [0.2, 0.25) is 0 Å². The molecule has 0 unspecified atom stereocenters. The molecule has 0 N–H and O–H groups in total. The highest BCUT2D eigenvalue weighted by Crippen LogP contribution is 2.15. The van der Waals surface area contributed by atoms with Gasteiger partial charge < -0.3 is 4.74 Å². The van der Waals surface area contributed by atoms with E-state index in [0.29, 0.717) is 5.56 Å². The Morgan fingerprint density at radius 1 is 1.09 bits per heavy atom. The summed E-state index contributed by atoms with van der Waals surface area (Å²) in [4.78, 5) is 16.5. The van der Waals surface area contributed by atoms with Gasteiger partial charge in [0.25, 0.3) is 0 Å². The van der Waals surface area contributed by atoms with Gasteiger partial charge in [-0.05, 0) is 48.0 Å². The van der Waals surface area contributed by atoms with Crippen molar-refractivity contribution in [3.05, 3.63) is 78.0 Å². The van der Waals surface area contributed by atoms with Gasteiger partial charge in [-0.15, -0.1) is 0 Å². The molecule has 0 bridgehead atoms. The van der Waals surface area contributed by atoms with Crippen LogP contribution in [0.25, 0.3) is 17.0 Å². The zero-order chi connectivity index (χ0) is 15.4. The number of fused-ring (bicyclic) bond motifs is 1. The monoisotopic (exact) mass is 289 g/mol. The molecule has 0 aliphatic heterocycles. The third-order valence-electron chi connectivity index (χ3n) is 3.43. The van der Waals surface area contributed by atoms with Crippen LogP contribution in [-0.4, -0.2) is 17.9 Å². The van der Waals surface area contributed by atoms with Crippen LogP contribution in [0.4, 0.5) is 0 Å². The fourth-order valence-corrected chi connectivity index (χ4v) is 2.21. The lowest BCUT2D eigenvalue weighted by Gasteiger charge is -2.00. The number of nitrogens with zero attached hydrogens (tertiary/aromatic N) is 1. The van der Waals surface area contributed by atoms with Crippen LogP contribution in [0.15, 0.2) is 66.9 Å². The van der Waals surface area contributed by atoms with Gasteiger partial charge in [-0.3, -0.25) is 9.78 Å². The number of allylic oxidation sites excluding steroid dienone is 1. The minimum Gasteiger partial charge on any atom is -0.497 e. The van der Waals surface area contributed by atoms with E-state index in [9.17, 15) is 4.79 Å². The van der Waals surface area contributed by atoms with Crippen LogP contribution in [-0.2, 0) is 0 Å². The molecule has 2 aromatic carbocycles. The van der Waals surface area contributed by atoms with Gasteiger partial charge in [-0.2, -0.15) is 0 Å². The first kappa shape index (κ1) is 14.0. The summed E-state index contributed by atoms with van der Waals surface area (Å²) in [6, 6.07) is 16.9. The third-order valence-corrected chi connectivity index (χ3v) is 3.43. The summed E-state index contributed by atoms with van der Waals surface area (Å²) in [7, 11) is 1.63. The quantitative estimate of drug-likeness (QED) is 0.535. The first-order valence-electron chi connectivity index (χ1n) is 6.97. The number of carbonyl (C=O) groups excluding carboxylic acids is 1. The SMILES string of the molecule is COc1ccc(/C=C/C(=O)c2ccc3ncccc3c2)cc1. The largest absolute Gasteiger partial charge is 0.497 e. The zero-order valence-corrected chi connectivity index (χ0v) is 12.2. The number of hydrogen-bond donors (Lipinski definition) is 0. The molecule has 3 heteroatoms. The van der Waals surface area contributed by atoms with E-state index in [1.54, 1.807) is 31.5 Å². The maximum absolute atomic E-state index is 12.3. The number of benzene rings is 2. The smallest absolute Gasteiger partial charge is 0.185 e. The molecule has 1 aromatic heterocycles. The van der Waals surface area contributed by atoms with Crippen molar-refractivity contribution in [2.24, 2.45) is 0 Å². The van der Waals surface area contributed by atoms with E-state index in [2.05, 4.69) is 4.98 Å². The van der Waals surface area contributed by atoms with Crippen molar-refractivity contribution in [3.8, 4) is 5.75 Å². The van der Waals surface area contributed by atoms with Gasteiger partial charge >= 0.3 is 0 Å². The van der Waals surface area contributed by atoms with E-state index in [1.165, 1.54) is 0 Å². The lowest BCUT2D eigenvalue weighted by atomic mass is 10.1. The highest BCUT2D eigenvalue weighted by Gasteiger charge is 2.03. The Morgan fingerprint density at radius 2 is 1.91 bits per heavy atom. The highest BCUT2D eigenvalue weighted by molar-refractivity contribution is 6.08. The van der Waals surface area contributed by atoms with Crippen molar-refractivity contribution in [1.82, 2.24) is 4.98 Å². The van der Waals surface area contributed by atoms with Crippen molar-refractivity contribution in [3.63, 3.8) is 0 Å². The normalized spacial score (nSPS) is 11.0. The summed E-state index contributed by atoms with van der Waals surface area (Å²) < 4.78 is 5.11. The molecule has 108 valence electrons. The van der Waals surface area contributed by atoms with Crippen LogP contribution in [0.1, 0.15) is 15.9 Å². The number of carbonyl (C=O) groups is 1. The van der Waals surface area contributed by atoms with Crippen LogP contribution in [0.2, 0.25) is 0 Å². The molecule has 0 atom stereocenters. The number of ketones is 1. The van der Waals surface area contributed by atoms with Crippen molar-refractivity contribution in [1.29, 1.82) is 0 Å². The second-order valence-corrected chi connectivity index (χ2v) is 4.88. The molecule has 0 radical (unpaired) electrons. The summed E-state index contributed by atoms with van der Waals surface area (Å²) in [5.41, 5.74) is 2.50. The molecule has 3 nitrogen and oxygen atoms in total. The molecule has 3 aromatic rings. The molecule has 0 amide bonds. The lowest BCUT2D eigenvalue weighted by molar-refractivity contribution is 0.104. The molecule has 3 rings (SSSR count). The second kappa shape index (κ2) is 6.22. The molecule has 0 aliphatic rings. The Kier molecular flexibility index (Phi) is 3.97. The predicted octanol–water partition coefficient (Wildman–Crippen LogP) is 4.14. The third kappa shape index (κ3) is 3.04. The lowest BCUT2D eigenvalue weighted by Crippen LogP contribution is -1.94. The fraction of sp³-hybridized carbons (Fsp3) is 0.0526. The zero-order valence-electron chi connectivity index (χ0n) is 12.2. The maximum Gasteiger partial charge on any atom is 0.185 e. The van der Waals surface area contributed by atoms with Crippen molar-refractivity contribution in [2.75, 3.05) is 7.11 Å². The van der Waals surface area contributed by atoms with Gasteiger partial charge in [0, 0.05) is 17.1 Å². The fourth-order valence-electron chi connectivity index (χ4n) is 2.21. The standard InChI is InChI=1S/C19H15NO2/c1-22-17-8-4-14(5-9-17)6-11-19(21)16-7-10-18-15(13-16)3-2-12-20-18/h2-13H,1H3/b11-6+. The Balaban J connectivity index is 1.81. The van der Waals surface area contributed by atoms with Gasteiger partial charge in [0.1, 0.15) is 5.75 Å². The van der Waals surface area contributed by atoms with Crippen molar-refractivity contribution < 1.29 is 9.53 Å². The minimum atomic E-state index is -0.0263. The van der Waals surface area contributed by atoms with Crippen LogP contribution < -0.4 is 4.74 Å². The number of ether oxygens (including phenoxy) is 1. The molecular weight excluding hydrogens is 274 g/mol. The topological polar surface area (TPSA) is 39.2 Å². The Bertz CT molecular complexity index is 835. The van der Waals surface area contributed by atoms with Crippen LogP contribution in [0.5, 0.6) is 5.75 Å². The van der Waals surface area contributed by atoms with Crippen LogP contribution >= 0.6 is 0 Å². The van der Waals surface area contributed by atoms with Gasteiger partial charge in [-0.25, -0.2) is 0 Å². The first-order valence-corrected chi connectivity index (χ1v) is 6.97. The Morgan fingerprint density at radius 3 is 2.68 bits per heavy atom. The van der Waals surface area contributed by atoms with E-state index in [4.69, 9.17) is 4.74 Å². The molecule has 0 fully saturated rings. The molecular formula is C19H15NO2. The Labute approximate surface area is 128 Å². The first-order chi connectivity index (χ1) is 10.8.